The summed E-state index contributed by atoms with van der Waals surface area (Å²) in [4.78, 5) is 25.3. The predicted molar refractivity (Wildman–Crippen MR) is 96.7 cm³/mol. The van der Waals surface area contributed by atoms with Crippen LogP contribution in [-0.4, -0.2) is 16.9 Å². The summed E-state index contributed by atoms with van der Waals surface area (Å²) in [5.41, 5.74) is 2.06. The van der Waals surface area contributed by atoms with Crippen molar-refractivity contribution in [2.24, 2.45) is 16.7 Å². The Balaban J connectivity index is 2.08. The van der Waals surface area contributed by atoms with Crippen molar-refractivity contribution < 1.29 is 14.7 Å². The van der Waals surface area contributed by atoms with Crippen molar-refractivity contribution in [1.29, 1.82) is 0 Å². The standard InChI is InChI=1S/C22H20O3/c1-21-13-16(19(23)24)22(2,20(21)25)18(15-11-7-4-8-12-15)17(21)14-9-5-3-6-10-14/h3-12,16H,13H2,1-2H3,(H,23,24)/t16-,21+,22-/m1/s1. The Morgan fingerprint density at radius 2 is 1.40 bits per heavy atom. The molecule has 1 N–H and O–H groups in total. The van der Waals surface area contributed by atoms with Gasteiger partial charge in [0.1, 0.15) is 0 Å². The van der Waals surface area contributed by atoms with Gasteiger partial charge in [0.05, 0.1) is 16.7 Å². The maximum absolute atomic E-state index is 13.4. The van der Waals surface area contributed by atoms with E-state index >= 15 is 0 Å². The van der Waals surface area contributed by atoms with Crippen LogP contribution in [0.15, 0.2) is 60.7 Å². The van der Waals surface area contributed by atoms with Crippen LogP contribution in [0.1, 0.15) is 31.4 Å². The highest BCUT2D eigenvalue weighted by atomic mass is 16.4. The molecule has 0 aliphatic heterocycles. The zero-order chi connectivity index (χ0) is 17.8. The number of Topliss-reactive ketones (excluding diaryl/α,β-unsaturated/α-hetero) is 1. The second kappa shape index (κ2) is 5.16. The van der Waals surface area contributed by atoms with E-state index in [2.05, 4.69) is 0 Å². The summed E-state index contributed by atoms with van der Waals surface area (Å²) in [6.07, 6.45) is 0.359. The maximum Gasteiger partial charge on any atom is 0.307 e. The van der Waals surface area contributed by atoms with Crippen LogP contribution in [0, 0.1) is 16.7 Å². The lowest BCUT2D eigenvalue weighted by atomic mass is 9.67. The van der Waals surface area contributed by atoms with Crippen molar-refractivity contribution in [2.45, 2.75) is 20.3 Å². The number of rotatable bonds is 3. The Bertz CT molecular complexity index is 897. The molecule has 126 valence electrons. The lowest BCUT2D eigenvalue weighted by Gasteiger charge is -2.33. The average Bonchev–Trinajstić information content (AvgIpc) is 2.93. The number of carbonyl (C=O) groups excluding carboxylic acids is 1. The van der Waals surface area contributed by atoms with E-state index in [1.165, 1.54) is 0 Å². The Morgan fingerprint density at radius 3 is 1.88 bits per heavy atom. The summed E-state index contributed by atoms with van der Waals surface area (Å²) in [6, 6.07) is 19.6. The number of fused-ring (bicyclic) bond motifs is 2. The molecular formula is C22H20O3. The molecule has 1 saturated carbocycles. The summed E-state index contributed by atoms with van der Waals surface area (Å²) in [7, 11) is 0. The fourth-order valence-electron chi connectivity index (χ4n) is 4.93. The molecule has 2 bridgehead atoms. The lowest BCUT2D eigenvalue weighted by molar-refractivity contribution is -0.145. The summed E-state index contributed by atoms with van der Waals surface area (Å²) in [5, 5.41) is 9.78. The fourth-order valence-corrected chi connectivity index (χ4v) is 4.93. The van der Waals surface area contributed by atoms with Gasteiger partial charge in [-0.15, -0.1) is 0 Å². The number of carboxylic acids is 1. The Kier molecular flexibility index (Phi) is 3.26. The third-order valence-electron chi connectivity index (χ3n) is 6.03. The minimum atomic E-state index is -0.993. The molecule has 3 nitrogen and oxygen atoms in total. The number of carbonyl (C=O) groups is 2. The molecule has 0 saturated heterocycles. The van der Waals surface area contributed by atoms with Gasteiger partial charge in [-0.3, -0.25) is 9.59 Å². The van der Waals surface area contributed by atoms with E-state index in [-0.39, 0.29) is 5.78 Å². The lowest BCUT2D eigenvalue weighted by Crippen LogP contribution is -2.34. The van der Waals surface area contributed by atoms with Crippen LogP contribution in [0.2, 0.25) is 0 Å². The molecule has 0 unspecified atom stereocenters. The number of allylic oxidation sites excluding steroid dienone is 2. The van der Waals surface area contributed by atoms with E-state index in [1.807, 2.05) is 74.5 Å². The predicted octanol–water partition coefficient (Wildman–Crippen LogP) is 4.30. The molecule has 0 aromatic heterocycles. The fraction of sp³-hybridized carbons (Fsp3) is 0.273. The molecule has 0 radical (unpaired) electrons. The van der Waals surface area contributed by atoms with Gasteiger partial charge in [0, 0.05) is 0 Å². The second-order valence-electron chi connectivity index (χ2n) is 7.44. The quantitative estimate of drug-likeness (QED) is 0.912. The number of aliphatic carboxylic acids is 1. The van der Waals surface area contributed by atoms with Gasteiger partial charge in [-0.2, -0.15) is 0 Å². The van der Waals surface area contributed by atoms with Crippen LogP contribution in [0.4, 0.5) is 0 Å². The minimum Gasteiger partial charge on any atom is -0.481 e. The highest BCUT2D eigenvalue weighted by Gasteiger charge is 2.68. The van der Waals surface area contributed by atoms with Gasteiger partial charge in [-0.1, -0.05) is 60.7 Å². The van der Waals surface area contributed by atoms with Gasteiger partial charge < -0.3 is 5.11 Å². The average molecular weight is 332 g/mol. The largest absolute Gasteiger partial charge is 0.481 e. The molecule has 3 atom stereocenters. The third-order valence-corrected chi connectivity index (χ3v) is 6.03. The number of hydrogen-bond donors (Lipinski definition) is 1. The molecule has 0 heterocycles. The van der Waals surface area contributed by atoms with E-state index in [0.717, 1.165) is 22.3 Å². The molecule has 3 heteroatoms. The summed E-state index contributed by atoms with van der Waals surface area (Å²) >= 11 is 0. The molecular weight excluding hydrogens is 312 g/mol. The SMILES string of the molecule is C[C@@]12C[C@H](C(=O)O)[C@@](C)(C1=O)C(c1ccccc1)=C2c1ccccc1. The zero-order valence-electron chi connectivity index (χ0n) is 14.3. The van der Waals surface area contributed by atoms with E-state index in [0.29, 0.717) is 6.42 Å². The first-order valence-electron chi connectivity index (χ1n) is 8.54. The van der Waals surface area contributed by atoms with Crippen molar-refractivity contribution in [3.05, 3.63) is 71.8 Å². The highest BCUT2D eigenvalue weighted by molar-refractivity contribution is 6.24. The van der Waals surface area contributed by atoms with Crippen LogP contribution in [0.3, 0.4) is 0 Å². The molecule has 4 rings (SSSR count). The van der Waals surface area contributed by atoms with Crippen molar-refractivity contribution in [1.82, 2.24) is 0 Å². The Hall–Kier alpha value is -2.68. The van der Waals surface area contributed by atoms with Gasteiger partial charge >= 0.3 is 5.97 Å². The van der Waals surface area contributed by atoms with Crippen molar-refractivity contribution in [3.63, 3.8) is 0 Å². The van der Waals surface area contributed by atoms with Gasteiger partial charge in [-0.25, -0.2) is 0 Å². The van der Waals surface area contributed by atoms with E-state index in [1.54, 1.807) is 0 Å². The molecule has 0 spiro atoms. The van der Waals surface area contributed by atoms with Gasteiger partial charge in [0.25, 0.3) is 0 Å². The molecule has 2 aromatic rings. The summed E-state index contributed by atoms with van der Waals surface area (Å²) in [6.45, 7) is 3.73. The normalized spacial score (nSPS) is 30.8. The van der Waals surface area contributed by atoms with Crippen LogP contribution in [0.5, 0.6) is 0 Å². The molecule has 25 heavy (non-hydrogen) atoms. The minimum absolute atomic E-state index is 0.0325. The van der Waals surface area contributed by atoms with Crippen molar-refractivity contribution in [2.75, 3.05) is 0 Å². The monoisotopic (exact) mass is 332 g/mol. The van der Waals surface area contributed by atoms with E-state index < -0.39 is 22.7 Å². The van der Waals surface area contributed by atoms with Crippen molar-refractivity contribution >= 4 is 22.9 Å². The Morgan fingerprint density at radius 1 is 0.920 bits per heavy atom. The van der Waals surface area contributed by atoms with E-state index in [4.69, 9.17) is 0 Å². The first kappa shape index (κ1) is 15.8. The number of ketones is 1. The van der Waals surface area contributed by atoms with Gasteiger partial charge in [-0.05, 0) is 42.5 Å². The van der Waals surface area contributed by atoms with E-state index in [9.17, 15) is 14.7 Å². The molecule has 2 aliphatic rings. The first-order valence-corrected chi connectivity index (χ1v) is 8.54. The summed E-state index contributed by atoms with van der Waals surface area (Å²) in [5.74, 6) is -1.54. The van der Waals surface area contributed by atoms with Crippen LogP contribution in [0.25, 0.3) is 11.1 Å². The molecule has 2 aromatic carbocycles. The van der Waals surface area contributed by atoms with Crippen LogP contribution in [-0.2, 0) is 9.59 Å². The molecule has 2 aliphatic carbocycles. The zero-order valence-corrected chi connectivity index (χ0v) is 14.3. The van der Waals surface area contributed by atoms with Crippen LogP contribution < -0.4 is 0 Å². The van der Waals surface area contributed by atoms with Gasteiger partial charge in [0.15, 0.2) is 5.78 Å². The third kappa shape index (κ3) is 1.92. The number of carboxylic acid groups (broad SMARTS) is 1. The number of hydrogen-bond acceptors (Lipinski definition) is 2. The smallest absolute Gasteiger partial charge is 0.307 e. The second-order valence-corrected chi connectivity index (χ2v) is 7.44. The summed E-state index contributed by atoms with van der Waals surface area (Å²) < 4.78 is 0. The van der Waals surface area contributed by atoms with Crippen molar-refractivity contribution in [3.8, 4) is 0 Å². The maximum atomic E-state index is 13.4. The molecule has 0 amide bonds. The Labute approximate surface area is 147 Å². The highest BCUT2D eigenvalue weighted by Crippen LogP contribution is 2.69. The van der Waals surface area contributed by atoms with Gasteiger partial charge in [0.2, 0.25) is 0 Å². The number of benzene rings is 2. The molecule has 1 fully saturated rings. The van der Waals surface area contributed by atoms with Crippen LogP contribution >= 0.6 is 0 Å². The topological polar surface area (TPSA) is 54.4 Å². The first-order chi connectivity index (χ1) is 11.9.